The minimum atomic E-state index is -3.51. The van der Waals surface area contributed by atoms with Gasteiger partial charge in [0, 0.05) is 31.6 Å². The number of nitrogens with one attached hydrogen (secondary N) is 2. The summed E-state index contributed by atoms with van der Waals surface area (Å²) in [5, 5.41) is 3.07. The zero-order valence-electron chi connectivity index (χ0n) is 19.0. The standard InChI is InChI=1S/C24H33N3O4S/c1-19(2)17-26-32(29,30)27-15-13-24(14-16-27,20-9-5-4-6-10-20)18-25-23(28)21-11-7-8-12-22(21)31-3/h4-12,19,26H,13-18H2,1-3H3,(H,25,28). The Morgan fingerprint density at radius 2 is 1.69 bits per heavy atom. The van der Waals surface area contributed by atoms with E-state index in [-0.39, 0.29) is 17.2 Å². The largest absolute Gasteiger partial charge is 0.496 e. The predicted octanol–water partition coefficient (Wildman–Crippen LogP) is 2.95. The lowest BCUT2D eigenvalue weighted by Crippen LogP contribution is -2.52. The van der Waals surface area contributed by atoms with Crippen LogP contribution < -0.4 is 14.8 Å². The van der Waals surface area contributed by atoms with Gasteiger partial charge >= 0.3 is 0 Å². The quantitative estimate of drug-likeness (QED) is 0.604. The van der Waals surface area contributed by atoms with Gasteiger partial charge in [-0.15, -0.1) is 0 Å². The van der Waals surface area contributed by atoms with E-state index in [0.717, 1.165) is 5.56 Å². The smallest absolute Gasteiger partial charge is 0.279 e. The first-order valence-corrected chi connectivity index (χ1v) is 12.4. The first-order valence-electron chi connectivity index (χ1n) is 11.0. The molecule has 0 aromatic heterocycles. The van der Waals surface area contributed by atoms with Gasteiger partial charge in [-0.05, 0) is 36.5 Å². The molecule has 0 bridgehead atoms. The van der Waals surface area contributed by atoms with Crippen LogP contribution in [-0.2, 0) is 15.6 Å². The Labute approximate surface area is 191 Å². The molecule has 7 nitrogen and oxygen atoms in total. The maximum atomic E-state index is 12.9. The zero-order chi connectivity index (χ0) is 23.2. The van der Waals surface area contributed by atoms with Crippen molar-refractivity contribution in [1.82, 2.24) is 14.3 Å². The van der Waals surface area contributed by atoms with Crippen molar-refractivity contribution in [1.29, 1.82) is 0 Å². The number of para-hydroxylation sites is 1. The van der Waals surface area contributed by atoms with Gasteiger partial charge in [-0.25, -0.2) is 4.72 Å². The first kappa shape index (κ1) is 24.2. The van der Waals surface area contributed by atoms with E-state index >= 15 is 0 Å². The van der Waals surface area contributed by atoms with Gasteiger partial charge in [-0.2, -0.15) is 12.7 Å². The average molecular weight is 460 g/mol. The minimum absolute atomic E-state index is 0.202. The normalized spacial score (nSPS) is 16.6. The number of hydrogen-bond donors (Lipinski definition) is 2. The third kappa shape index (κ3) is 5.68. The number of ether oxygens (including phenoxy) is 1. The van der Waals surface area contributed by atoms with Crippen LogP contribution in [0, 0.1) is 5.92 Å². The van der Waals surface area contributed by atoms with Gasteiger partial charge in [0.05, 0.1) is 12.7 Å². The second kappa shape index (κ2) is 10.5. The molecule has 8 heteroatoms. The van der Waals surface area contributed by atoms with Crippen molar-refractivity contribution >= 4 is 16.1 Å². The third-order valence-electron chi connectivity index (χ3n) is 6.02. The van der Waals surface area contributed by atoms with E-state index in [2.05, 4.69) is 22.2 Å². The lowest BCUT2D eigenvalue weighted by atomic mass is 9.73. The summed E-state index contributed by atoms with van der Waals surface area (Å²) in [6, 6.07) is 17.1. The molecule has 3 rings (SSSR count). The fourth-order valence-electron chi connectivity index (χ4n) is 4.05. The summed E-state index contributed by atoms with van der Waals surface area (Å²) in [7, 11) is -1.97. The highest BCUT2D eigenvalue weighted by Gasteiger charge is 2.39. The van der Waals surface area contributed by atoms with Crippen LogP contribution in [0.25, 0.3) is 0 Å². The number of rotatable bonds is 9. The Morgan fingerprint density at radius 1 is 1.06 bits per heavy atom. The molecule has 0 unspecified atom stereocenters. The van der Waals surface area contributed by atoms with Gasteiger partial charge in [0.2, 0.25) is 0 Å². The first-order chi connectivity index (χ1) is 15.3. The highest BCUT2D eigenvalue weighted by atomic mass is 32.2. The van der Waals surface area contributed by atoms with Gasteiger partial charge in [0.1, 0.15) is 5.75 Å². The Bertz CT molecular complexity index is 1000. The maximum Gasteiger partial charge on any atom is 0.279 e. The van der Waals surface area contributed by atoms with Crippen molar-refractivity contribution < 1.29 is 17.9 Å². The van der Waals surface area contributed by atoms with E-state index in [4.69, 9.17) is 4.74 Å². The Morgan fingerprint density at radius 3 is 2.31 bits per heavy atom. The van der Waals surface area contributed by atoms with Crippen molar-refractivity contribution in [2.75, 3.05) is 33.3 Å². The molecule has 0 atom stereocenters. The summed E-state index contributed by atoms with van der Waals surface area (Å²) in [6.07, 6.45) is 1.23. The lowest BCUT2D eigenvalue weighted by molar-refractivity contribution is 0.0929. The second-order valence-electron chi connectivity index (χ2n) is 8.68. The summed E-state index contributed by atoms with van der Waals surface area (Å²) >= 11 is 0. The number of nitrogens with zero attached hydrogens (tertiary/aromatic N) is 1. The molecule has 1 amide bonds. The SMILES string of the molecule is COc1ccccc1C(=O)NCC1(c2ccccc2)CCN(S(=O)(=O)NCC(C)C)CC1. The number of carbonyl (C=O) groups excluding carboxylic acids is 1. The molecule has 0 aliphatic carbocycles. The molecule has 2 aromatic rings. The molecule has 1 aliphatic heterocycles. The fraction of sp³-hybridized carbons (Fsp3) is 0.458. The number of benzene rings is 2. The van der Waals surface area contributed by atoms with Crippen molar-refractivity contribution in [3.8, 4) is 5.75 Å². The van der Waals surface area contributed by atoms with Crippen LogP contribution in [0.1, 0.15) is 42.6 Å². The lowest BCUT2D eigenvalue weighted by Gasteiger charge is -2.42. The van der Waals surface area contributed by atoms with E-state index in [1.165, 1.54) is 4.31 Å². The van der Waals surface area contributed by atoms with Gasteiger partial charge < -0.3 is 10.1 Å². The highest BCUT2D eigenvalue weighted by molar-refractivity contribution is 7.87. The predicted molar refractivity (Wildman–Crippen MR) is 126 cm³/mol. The molecule has 32 heavy (non-hydrogen) atoms. The number of methoxy groups -OCH3 is 1. The summed E-state index contributed by atoms with van der Waals surface area (Å²) in [5.74, 6) is 0.561. The van der Waals surface area contributed by atoms with Crippen LogP contribution in [0.2, 0.25) is 0 Å². The van der Waals surface area contributed by atoms with Crippen molar-refractivity contribution in [3.63, 3.8) is 0 Å². The van der Waals surface area contributed by atoms with Crippen LogP contribution in [0.5, 0.6) is 5.75 Å². The monoisotopic (exact) mass is 459 g/mol. The van der Waals surface area contributed by atoms with Gasteiger partial charge in [0.25, 0.3) is 16.1 Å². The summed E-state index contributed by atoms with van der Waals surface area (Å²) in [5.41, 5.74) is 1.24. The molecular weight excluding hydrogens is 426 g/mol. The van der Waals surface area contributed by atoms with Crippen LogP contribution in [0.15, 0.2) is 54.6 Å². The van der Waals surface area contributed by atoms with Crippen LogP contribution in [0.3, 0.4) is 0 Å². The Balaban J connectivity index is 1.76. The number of piperidine rings is 1. The number of hydrogen-bond acceptors (Lipinski definition) is 4. The summed E-state index contributed by atoms with van der Waals surface area (Å²) in [4.78, 5) is 12.9. The minimum Gasteiger partial charge on any atom is -0.496 e. The van der Waals surface area contributed by atoms with Gasteiger partial charge in [-0.3, -0.25) is 4.79 Å². The van der Waals surface area contributed by atoms with E-state index in [9.17, 15) is 13.2 Å². The summed E-state index contributed by atoms with van der Waals surface area (Å²) in [6.45, 7) is 5.58. The molecule has 1 saturated heterocycles. The molecule has 1 heterocycles. The van der Waals surface area contributed by atoms with Crippen LogP contribution in [0.4, 0.5) is 0 Å². The van der Waals surface area contributed by atoms with E-state index in [1.807, 2.05) is 38.1 Å². The van der Waals surface area contributed by atoms with Crippen LogP contribution >= 0.6 is 0 Å². The van der Waals surface area contributed by atoms with Gasteiger partial charge in [-0.1, -0.05) is 56.3 Å². The van der Waals surface area contributed by atoms with Gasteiger partial charge in [0.15, 0.2) is 0 Å². The molecule has 0 spiro atoms. The molecule has 2 N–H and O–H groups in total. The molecule has 0 radical (unpaired) electrons. The van der Waals surface area contributed by atoms with Crippen molar-refractivity contribution in [3.05, 3.63) is 65.7 Å². The molecule has 1 fully saturated rings. The molecule has 0 saturated carbocycles. The molecule has 2 aromatic carbocycles. The molecule has 1 aliphatic rings. The molecule has 174 valence electrons. The fourth-order valence-corrected chi connectivity index (χ4v) is 5.44. The highest BCUT2D eigenvalue weighted by Crippen LogP contribution is 2.36. The maximum absolute atomic E-state index is 12.9. The Kier molecular flexibility index (Phi) is 7.92. The summed E-state index contributed by atoms with van der Waals surface area (Å²) < 4.78 is 34.9. The van der Waals surface area contributed by atoms with E-state index < -0.39 is 10.2 Å². The topological polar surface area (TPSA) is 87.7 Å². The van der Waals surface area contributed by atoms with E-state index in [1.54, 1.807) is 25.3 Å². The molecular formula is C24H33N3O4S. The third-order valence-corrected chi connectivity index (χ3v) is 7.59. The van der Waals surface area contributed by atoms with E-state index in [0.29, 0.717) is 50.3 Å². The number of amides is 1. The van der Waals surface area contributed by atoms with Crippen molar-refractivity contribution in [2.24, 2.45) is 5.92 Å². The van der Waals surface area contributed by atoms with Crippen molar-refractivity contribution in [2.45, 2.75) is 32.1 Å². The second-order valence-corrected chi connectivity index (χ2v) is 10.4. The number of carbonyl (C=O) groups is 1. The van der Waals surface area contributed by atoms with Crippen LogP contribution in [-0.4, -0.2) is 51.9 Å². The Hall–Kier alpha value is -2.42. The zero-order valence-corrected chi connectivity index (χ0v) is 19.8. The average Bonchev–Trinajstić information content (AvgIpc) is 2.82.